The number of benzene rings is 3. The summed E-state index contributed by atoms with van der Waals surface area (Å²) in [4.78, 5) is 10.6. The van der Waals surface area contributed by atoms with E-state index in [1.54, 1.807) is 6.07 Å². The van der Waals surface area contributed by atoms with E-state index in [4.69, 9.17) is 15.6 Å². The summed E-state index contributed by atoms with van der Waals surface area (Å²) in [6.45, 7) is 0. The molecule has 12 heteroatoms. The fourth-order valence-electron chi connectivity index (χ4n) is 3.60. The fraction of sp³-hybridized carbons (Fsp3) is 0. The summed E-state index contributed by atoms with van der Waals surface area (Å²) in [5, 5.41) is 17.4. The van der Waals surface area contributed by atoms with Crippen LogP contribution in [0.15, 0.2) is 62.7 Å². The van der Waals surface area contributed by atoms with Crippen LogP contribution in [0.1, 0.15) is 10.4 Å². The monoisotopic (exact) mass is 474 g/mol. The van der Waals surface area contributed by atoms with Gasteiger partial charge in [0, 0.05) is 16.5 Å². The van der Waals surface area contributed by atoms with Gasteiger partial charge >= 0.3 is 5.97 Å². The summed E-state index contributed by atoms with van der Waals surface area (Å²) < 4.78 is 61.4. The summed E-state index contributed by atoms with van der Waals surface area (Å²) in [5.74, 6) is -1.59. The number of fused-ring (bicyclic) bond motifs is 2. The molecular weight excluding hydrogens is 460 g/mol. The smallest absolute Gasteiger partial charge is 0.336 e. The minimum Gasteiger partial charge on any atom is -0.478 e. The third kappa shape index (κ3) is 3.35. The van der Waals surface area contributed by atoms with Crippen molar-refractivity contribution in [3.05, 3.63) is 59.5 Å². The minimum absolute atomic E-state index is 0.0837. The van der Waals surface area contributed by atoms with E-state index in [-0.39, 0.29) is 44.4 Å². The molecule has 0 aromatic heterocycles. The van der Waals surface area contributed by atoms with Crippen molar-refractivity contribution in [2.75, 3.05) is 5.73 Å². The topological polar surface area (TPSA) is 192 Å². The second-order valence-corrected chi connectivity index (χ2v) is 9.00. The zero-order valence-electron chi connectivity index (χ0n) is 15.9. The highest BCUT2D eigenvalue weighted by Gasteiger charge is 2.29. The number of hydrogen-bond acceptors (Lipinski definition) is 7. The molecule has 1 heterocycles. The first-order valence-corrected chi connectivity index (χ1v) is 11.3. The number of rotatable bonds is 4. The largest absolute Gasteiger partial charge is 0.478 e. The predicted molar refractivity (Wildman–Crippen MR) is 114 cm³/mol. The Morgan fingerprint density at radius 1 is 1.06 bits per heavy atom. The van der Waals surface area contributed by atoms with Gasteiger partial charge in [-0.05, 0) is 35.9 Å². The Bertz CT molecular complexity index is 1590. The molecule has 32 heavy (non-hydrogen) atoms. The van der Waals surface area contributed by atoms with Gasteiger partial charge in [0.15, 0.2) is 27.3 Å². The first kappa shape index (κ1) is 21.6. The SMILES string of the molecule is N=c1ccc2c(-c3ccccc3C(=O)O)c3ccc(N)c(S(=O)(=O)O)c3oc-2c1S(=O)O. The van der Waals surface area contributed by atoms with Gasteiger partial charge in [0.05, 0.1) is 16.6 Å². The molecule has 0 spiro atoms. The predicted octanol–water partition coefficient (Wildman–Crippen LogP) is 2.79. The Morgan fingerprint density at radius 2 is 1.75 bits per heavy atom. The molecule has 1 atom stereocenters. The molecule has 0 radical (unpaired) electrons. The van der Waals surface area contributed by atoms with Crippen LogP contribution < -0.4 is 11.1 Å². The van der Waals surface area contributed by atoms with Gasteiger partial charge in [-0.15, -0.1) is 0 Å². The van der Waals surface area contributed by atoms with Crippen molar-refractivity contribution in [3.63, 3.8) is 0 Å². The Balaban J connectivity index is 2.37. The van der Waals surface area contributed by atoms with Gasteiger partial charge < -0.3 is 19.8 Å². The summed E-state index contributed by atoms with van der Waals surface area (Å²) in [5.41, 5.74) is 5.31. The van der Waals surface area contributed by atoms with Crippen molar-refractivity contribution in [3.8, 4) is 22.5 Å². The van der Waals surface area contributed by atoms with Crippen LogP contribution in [0, 0.1) is 5.41 Å². The molecular formula is C20H14N2O8S2. The number of nitrogen functional groups attached to an aromatic ring is 1. The quantitative estimate of drug-likeness (QED) is 0.128. The summed E-state index contributed by atoms with van der Waals surface area (Å²) in [6, 6.07) is 11.1. The van der Waals surface area contributed by atoms with E-state index in [0.717, 1.165) is 0 Å². The Morgan fingerprint density at radius 3 is 2.38 bits per heavy atom. The third-order valence-electron chi connectivity index (χ3n) is 4.86. The number of nitrogens with two attached hydrogens (primary N) is 1. The van der Waals surface area contributed by atoms with Crippen LogP contribution in [0.25, 0.3) is 33.4 Å². The van der Waals surface area contributed by atoms with Crippen molar-refractivity contribution in [2.45, 2.75) is 9.79 Å². The van der Waals surface area contributed by atoms with Crippen LogP contribution in [0.4, 0.5) is 5.69 Å². The first-order chi connectivity index (χ1) is 15.0. The van der Waals surface area contributed by atoms with E-state index in [0.29, 0.717) is 0 Å². The second kappa shape index (κ2) is 7.53. The zero-order valence-corrected chi connectivity index (χ0v) is 17.5. The Kier molecular flexibility index (Phi) is 5.09. The highest BCUT2D eigenvalue weighted by Crippen LogP contribution is 2.45. The van der Waals surface area contributed by atoms with Crippen LogP contribution in [0.5, 0.6) is 0 Å². The van der Waals surface area contributed by atoms with Crippen molar-refractivity contribution >= 4 is 43.8 Å². The number of aromatic carboxylic acids is 1. The van der Waals surface area contributed by atoms with Gasteiger partial charge in [0.1, 0.15) is 4.90 Å². The van der Waals surface area contributed by atoms with Gasteiger partial charge in [-0.3, -0.25) is 9.96 Å². The standard InChI is InChI=1S/C20H14N2O8S2/c21-13-7-5-11-15(9-3-1-2-4-10(9)20(23)24)12-6-8-14(22)19(32(27,28)29)17(12)30-16(11)18(13)31(25)26/h1-8,21H,22H2,(H,23,24)(H,25,26)(H,27,28,29). The Labute approximate surface area is 182 Å². The average molecular weight is 474 g/mol. The van der Waals surface area contributed by atoms with E-state index in [9.17, 15) is 31.6 Å². The highest BCUT2D eigenvalue weighted by molar-refractivity contribution is 7.86. The molecule has 6 N–H and O–H groups in total. The van der Waals surface area contributed by atoms with E-state index in [2.05, 4.69) is 0 Å². The van der Waals surface area contributed by atoms with Crippen molar-refractivity contribution in [1.82, 2.24) is 0 Å². The third-order valence-corrected chi connectivity index (χ3v) is 6.55. The van der Waals surface area contributed by atoms with Crippen LogP contribution in [-0.4, -0.2) is 32.8 Å². The van der Waals surface area contributed by atoms with Crippen LogP contribution in [-0.2, 0) is 21.2 Å². The molecule has 0 saturated heterocycles. The summed E-state index contributed by atoms with van der Waals surface area (Å²) in [7, 11) is -4.92. The van der Waals surface area contributed by atoms with Gasteiger partial charge in [-0.2, -0.15) is 8.42 Å². The molecule has 164 valence electrons. The molecule has 2 aromatic carbocycles. The normalized spacial score (nSPS) is 12.8. The first-order valence-electron chi connectivity index (χ1n) is 8.80. The fourth-order valence-corrected chi connectivity index (χ4v) is 4.92. The lowest BCUT2D eigenvalue weighted by Crippen LogP contribution is -2.13. The maximum Gasteiger partial charge on any atom is 0.336 e. The summed E-state index contributed by atoms with van der Waals surface area (Å²) >= 11 is -2.71. The lowest BCUT2D eigenvalue weighted by Gasteiger charge is -2.19. The van der Waals surface area contributed by atoms with Crippen LogP contribution >= 0.6 is 0 Å². The van der Waals surface area contributed by atoms with Gasteiger partial charge in [0.2, 0.25) is 0 Å². The number of nitrogens with one attached hydrogen (secondary N) is 1. The van der Waals surface area contributed by atoms with E-state index in [1.165, 1.54) is 42.5 Å². The molecule has 1 unspecified atom stereocenters. The van der Waals surface area contributed by atoms with Crippen molar-refractivity contribution in [1.29, 1.82) is 5.41 Å². The van der Waals surface area contributed by atoms with Crippen LogP contribution in [0.2, 0.25) is 0 Å². The number of anilines is 1. The molecule has 0 amide bonds. The van der Waals surface area contributed by atoms with Gasteiger partial charge in [-0.25, -0.2) is 9.00 Å². The van der Waals surface area contributed by atoms with Crippen molar-refractivity contribution in [2.24, 2.45) is 0 Å². The lowest BCUT2D eigenvalue weighted by molar-refractivity contribution is 0.0697. The Hall–Kier alpha value is -3.58. The molecule has 2 aromatic rings. The maximum atomic E-state index is 12.1. The lowest BCUT2D eigenvalue weighted by atomic mass is 9.90. The maximum absolute atomic E-state index is 12.1. The minimum atomic E-state index is -4.92. The summed E-state index contributed by atoms with van der Waals surface area (Å²) in [6.07, 6.45) is 0. The molecule has 4 rings (SSSR count). The average Bonchev–Trinajstić information content (AvgIpc) is 2.70. The molecule has 0 bridgehead atoms. The molecule has 1 aliphatic heterocycles. The number of carboxylic acid groups (broad SMARTS) is 1. The van der Waals surface area contributed by atoms with E-state index >= 15 is 0 Å². The van der Waals surface area contributed by atoms with Gasteiger partial charge in [0.25, 0.3) is 10.1 Å². The van der Waals surface area contributed by atoms with Crippen LogP contribution in [0.3, 0.4) is 0 Å². The van der Waals surface area contributed by atoms with Crippen molar-refractivity contribution < 1.29 is 36.1 Å². The number of hydrogen-bond donors (Lipinski definition) is 5. The molecule has 10 nitrogen and oxygen atoms in total. The van der Waals surface area contributed by atoms with E-state index < -0.39 is 42.5 Å². The molecule has 2 aliphatic rings. The number of carbonyl (C=O) groups is 1. The number of carboxylic acids is 1. The second-order valence-electron chi connectivity index (χ2n) is 6.73. The molecule has 0 saturated carbocycles. The van der Waals surface area contributed by atoms with Gasteiger partial charge in [-0.1, -0.05) is 18.2 Å². The molecule has 1 aliphatic carbocycles. The molecule has 0 fully saturated rings. The highest BCUT2D eigenvalue weighted by atomic mass is 32.2. The zero-order chi connectivity index (χ0) is 23.4. The van der Waals surface area contributed by atoms with E-state index in [1.807, 2.05) is 0 Å².